The molecule has 0 bridgehead atoms. The molecule has 0 saturated heterocycles. The Kier molecular flexibility index (Phi) is 5.65. The molecule has 1 atom stereocenters. The average molecular weight is 363 g/mol. The highest BCUT2D eigenvalue weighted by Crippen LogP contribution is 2.20. The van der Waals surface area contributed by atoms with Gasteiger partial charge in [-0.15, -0.1) is 10.2 Å². The molecule has 0 spiro atoms. The molecular formula is C17H23ClN6O. The number of nitrogens with zero attached hydrogens (tertiary/aromatic N) is 4. The van der Waals surface area contributed by atoms with Crippen LogP contribution in [0.4, 0.5) is 0 Å². The zero-order valence-electron chi connectivity index (χ0n) is 14.2. The maximum Gasteiger partial charge on any atom is 0.247 e. The van der Waals surface area contributed by atoms with Crippen molar-refractivity contribution in [2.45, 2.75) is 57.2 Å². The van der Waals surface area contributed by atoms with Crippen molar-refractivity contribution in [3.63, 3.8) is 0 Å². The summed E-state index contributed by atoms with van der Waals surface area (Å²) in [4.78, 5) is 14.0. The monoisotopic (exact) mass is 362 g/mol. The molecule has 2 aromatic rings. The molecule has 1 saturated carbocycles. The number of benzene rings is 1. The van der Waals surface area contributed by atoms with Crippen LogP contribution in [0.25, 0.3) is 11.4 Å². The van der Waals surface area contributed by atoms with Crippen LogP contribution in [-0.2, 0) is 4.79 Å². The number of halogens is 1. The lowest BCUT2D eigenvalue weighted by molar-refractivity contribution is -0.126. The van der Waals surface area contributed by atoms with Crippen LogP contribution >= 0.6 is 11.6 Å². The first-order valence-corrected chi connectivity index (χ1v) is 9.06. The Morgan fingerprint density at radius 3 is 2.64 bits per heavy atom. The fourth-order valence-electron chi connectivity index (χ4n) is 3.09. The van der Waals surface area contributed by atoms with E-state index in [1.165, 1.54) is 4.80 Å². The van der Waals surface area contributed by atoms with E-state index in [1.807, 2.05) is 19.1 Å². The van der Waals surface area contributed by atoms with Gasteiger partial charge in [0.25, 0.3) is 0 Å². The van der Waals surface area contributed by atoms with Crippen molar-refractivity contribution in [3.8, 4) is 11.4 Å². The van der Waals surface area contributed by atoms with Gasteiger partial charge in [-0.25, -0.2) is 0 Å². The summed E-state index contributed by atoms with van der Waals surface area (Å²) in [5.74, 6) is 0.412. The fraction of sp³-hybridized carbons (Fsp3) is 0.529. The standard InChI is InChI=1S/C17H23ClN6O/c1-2-15(17(25)20-14-9-7-13(19)8-10-14)24-22-16(21-23-24)11-3-5-12(18)6-4-11/h3-6,13-15H,2,7-10,19H2,1H3,(H,20,25). The number of carbonyl (C=O) groups is 1. The van der Waals surface area contributed by atoms with Crippen LogP contribution in [0, 0.1) is 0 Å². The number of amides is 1. The molecule has 1 unspecified atom stereocenters. The summed E-state index contributed by atoms with van der Waals surface area (Å²) in [5, 5.41) is 16.3. The number of hydrogen-bond acceptors (Lipinski definition) is 5. The summed E-state index contributed by atoms with van der Waals surface area (Å²) < 4.78 is 0. The highest BCUT2D eigenvalue weighted by Gasteiger charge is 2.26. The number of nitrogens with two attached hydrogens (primary N) is 1. The lowest BCUT2D eigenvalue weighted by Gasteiger charge is -2.28. The van der Waals surface area contributed by atoms with Gasteiger partial charge in [-0.05, 0) is 61.6 Å². The molecule has 25 heavy (non-hydrogen) atoms. The summed E-state index contributed by atoms with van der Waals surface area (Å²) in [7, 11) is 0. The number of carbonyl (C=O) groups excluding carboxylic acids is 1. The summed E-state index contributed by atoms with van der Waals surface area (Å²) >= 11 is 5.90. The Balaban J connectivity index is 1.68. The molecular weight excluding hydrogens is 340 g/mol. The van der Waals surface area contributed by atoms with Gasteiger partial charge in [0.2, 0.25) is 11.7 Å². The maximum atomic E-state index is 12.6. The van der Waals surface area contributed by atoms with E-state index in [2.05, 4.69) is 20.7 Å². The molecule has 3 N–H and O–H groups in total. The quantitative estimate of drug-likeness (QED) is 0.850. The van der Waals surface area contributed by atoms with E-state index >= 15 is 0 Å². The van der Waals surface area contributed by atoms with Crippen molar-refractivity contribution in [1.82, 2.24) is 25.5 Å². The van der Waals surface area contributed by atoms with Gasteiger partial charge in [-0.2, -0.15) is 4.80 Å². The van der Waals surface area contributed by atoms with Crippen LogP contribution in [0.1, 0.15) is 45.1 Å². The zero-order valence-corrected chi connectivity index (χ0v) is 15.0. The minimum atomic E-state index is -0.468. The number of tetrazole rings is 1. The highest BCUT2D eigenvalue weighted by atomic mass is 35.5. The van der Waals surface area contributed by atoms with Crippen LogP contribution in [0.15, 0.2) is 24.3 Å². The third kappa shape index (κ3) is 4.35. The SMILES string of the molecule is CCC(C(=O)NC1CCC(N)CC1)n1nnc(-c2ccc(Cl)cc2)n1. The van der Waals surface area contributed by atoms with Crippen molar-refractivity contribution in [3.05, 3.63) is 29.3 Å². The van der Waals surface area contributed by atoms with Crippen molar-refractivity contribution in [2.75, 3.05) is 0 Å². The van der Waals surface area contributed by atoms with Gasteiger partial charge in [-0.1, -0.05) is 18.5 Å². The van der Waals surface area contributed by atoms with E-state index in [0.717, 1.165) is 31.2 Å². The lowest BCUT2D eigenvalue weighted by Crippen LogP contribution is -2.43. The van der Waals surface area contributed by atoms with Gasteiger partial charge in [-0.3, -0.25) is 4.79 Å². The van der Waals surface area contributed by atoms with E-state index in [-0.39, 0.29) is 18.0 Å². The van der Waals surface area contributed by atoms with Crippen LogP contribution in [-0.4, -0.2) is 38.2 Å². The summed E-state index contributed by atoms with van der Waals surface area (Å²) in [6.07, 6.45) is 4.33. The van der Waals surface area contributed by atoms with Gasteiger partial charge in [0.15, 0.2) is 6.04 Å². The Morgan fingerprint density at radius 1 is 1.32 bits per heavy atom. The molecule has 1 fully saturated rings. The second-order valence-electron chi connectivity index (χ2n) is 6.48. The summed E-state index contributed by atoms with van der Waals surface area (Å²) in [6.45, 7) is 1.94. The first kappa shape index (κ1) is 17.8. The second-order valence-corrected chi connectivity index (χ2v) is 6.92. The largest absolute Gasteiger partial charge is 0.351 e. The summed E-state index contributed by atoms with van der Waals surface area (Å²) in [5.41, 5.74) is 6.73. The molecule has 3 rings (SSSR count). The molecule has 1 aliphatic rings. The van der Waals surface area contributed by atoms with E-state index < -0.39 is 6.04 Å². The molecule has 7 nitrogen and oxygen atoms in total. The van der Waals surface area contributed by atoms with Gasteiger partial charge < -0.3 is 11.1 Å². The first-order chi connectivity index (χ1) is 12.1. The van der Waals surface area contributed by atoms with Crippen molar-refractivity contribution >= 4 is 17.5 Å². The number of aromatic nitrogens is 4. The van der Waals surface area contributed by atoms with Crippen molar-refractivity contribution in [2.24, 2.45) is 5.73 Å². The Labute approximate surface area is 151 Å². The Hall–Kier alpha value is -1.99. The fourth-order valence-corrected chi connectivity index (χ4v) is 3.21. The third-order valence-electron chi connectivity index (χ3n) is 4.62. The van der Waals surface area contributed by atoms with Gasteiger partial charge >= 0.3 is 0 Å². The smallest absolute Gasteiger partial charge is 0.247 e. The maximum absolute atomic E-state index is 12.6. The average Bonchev–Trinajstić information content (AvgIpc) is 3.08. The predicted molar refractivity (Wildman–Crippen MR) is 96.0 cm³/mol. The lowest BCUT2D eigenvalue weighted by atomic mass is 9.91. The predicted octanol–water partition coefficient (Wildman–Crippen LogP) is 2.33. The second kappa shape index (κ2) is 7.93. The molecule has 1 amide bonds. The molecule has 1 heterocycles. The van der Waals surface area contributed by atoms with Crippen molar-refractivity contribution in [1.29, 1.82) is 0 Å². The molecule has 1 aromatic carbocycles. The molecule has 1 aliphatic carbocycles. The molecule has 0 aliphatic heterocycles. The number of rotatable bonds is 5. The highest BCUT2D eigenvalue weighted by molar-refractivity contribution is 6.30. The first-order valence-electron chi connectivity index (χ1n) is 8.68. The topological polar surface area (TPSA) is 98.7 Å². The number of hydrogen-bond donors (Lipinski definition) is 2. The van der Waals surface area contributed by atoms with Crippen molar-refractivity contribution < 1.29 is 4.79 Å². The van der Waals surface area contributed by atoms with Gasteiger partial charge in [0.05, 0.1) is 0 Å². The van der Waals surface area contributed by atoms with E-state index in [4.69, 9.17) is 17.3 Å². The van der Waals surface area contributed by atoms with Crippen LogP contribution in [0.3, 0.4) is 0 Å². The zero-order chi connectivity index (χ0) is 17.8. The normalized spacial score (nSPS) is 21.7. The van der Waals surface area contributed by atoms with Gasteiger partial charge in [0, 0.05) is 22.7 Å². The molecule has 0 radical (unpaired) electrons. The van der Waals surface area contributed by atoms with E-state index in [9.17, 15) is 4.79 Å². The van der Waals surface area contributed by atoms with Crippen LogP contribution < -0.4 is 11.1 Å². The van der Waals surface area contributed by atoms with Crippen LogP contribution in [0.2, 0.25) is 5.02 Å². The summed E-state index contributed by atoms with van der Waals surface area (Å²) in [6, 6.07) is 7.18. The van der Waals surface area contributed by atoms with E-state index in [1.54, 1.807) is 12.1 Å². The minimum Gasteiger partial charge on any atom is -0.351 e. The van der Waals surface area contributed by atoms with Crippen LogP contribution in [0.5, 0.6) is 0 Å². The molecule has 1 aromatic heterocycles. The van der Waals surface area contributed by atoms with E-state index in [0.29, 0.717) is 17.3 Å². The van der Waals surface area contributed by atoms with Gasteiger partial charge in [0.1, 0.15) is 0 Å². The molecule has 8 heteroatoms. The third-order valence-corrected chi connectivity index (χ3v) is 4.87. The molecule has 134 valence electrons. The Morgan fingerprint density at radius 2 is 2.00 bits per heavy atom. The Bertz CT molecular complexity index is 708. The number of nitrogens with one attached hydrogen (secondary N) is 1. The minimum absolute atomic E-state index is 0.0666.